The van der Waals surface area contributed by atoms with Crippen LogP contribution in [0.3, 0.4) is 0 Å². The second-order valence-corrected chi connectivity index (χ2v) is 5.43. The van der Waals surface area contributed by atoms with E-state index in [0.29, 0.717) is 6.04 Å². The lowest BCUT2D eigenvalue weighted by Gasteiger charge is -2.23. The summed E-state index contributed by atoms with van der Waals surface area (Å²) in [6.45, 7) is 2.98. The quantitative estimate of drug-likeness (QED) is 0.895. The third-order valence-corrected chi connectivity index (χ3v) is 3.73. The molecule has 3 rings (SSSR count). The zero-order valence-corrected chi connectivity index (χ0v) is 11.6. The highest BCUT2D eigenvalue weighted by atomic mass is 32.1. The van der Waals surface area contributed by atoms with E-state index in [1.165, 1.54) is 24.2 Å². The van der Waals surface area contributed by atoms with E-state index in [-0.39, 0.29) is 0 Å². The van der Waals surface area contributed by atoms with Gasteiger partial charge in [-0.15, -0.1) is 10.2 Å². The van der Waals surface area contributed by atoms with Gasteiger partial charge in [-0.1, -0.05) is 17.8 Å². The van der Waals surface area contributed by atoms with Crippen molar-refractivity contribution < 1.29 is 0 Å². The Morgan fingerprint density at radius 1 is 1.37 bits per heavy atom. The predicted molar refractivity (Wildman–Crippen MR) is 74.6 cm³/mol. The molecule has 0 bridgehead atoms. The van der Waals surface area contributed by atoms with Gasteiger partial charge in [-0.2, -0.15) is 0 Å². The third-order valence-electron chi connectivity index (χ3n) is 3.12. The van der Waals surface area contributed by atoms with Gasteiger partial charge in [0.25, 0.3) is 0 Å². The number of rotatable bonds is 3. The first-order valence-electron chi connectivity index (χ1n) is 6.43. The number of aromatic nitrogens is 4. The molecule has 0 amide bonds. The Morgan fingerprint density at radius 3 is 3.05 bits per heavy atom. The molecule has 0 unspecified atom stereocenters. The summed E-state index contributed by atoms with van der Waals surface area (Å²) >= 11 is 1.46. The molecular formula is C12H16N6S. The number of hydrogen-bond acceptors (Lipinski definition) is 7. The van der Waals surface area contributed by atoms with E-state index in [9.17, 15) is 0 Å². The summed E-state index contributed by atoms with van der Waals surface area (Å²) in [5.41, 5.74) is 2.75. The van der Waals surface area contributed by atoms with E-state index in [0.717, 1.165) is 35.4 Å². The van der Waals surface area contributed by atoms with Crippen LogP contribution in [0.5, 0.6) is 0 Å². The highest BCUT2D eigenvalue weighted by Crippen LogP contribution is 2.24. The molecule has 6 nitrogen and oxygen atoms in total. The Labute approximate surface area is 115 Å². The van der Waals surface area contributed by atoms with Gasteiger partial charge < -0.3 is 10.6 Å². The number of hydrogen-bond donors (Lipinski definition) is 2. The van der Waals surface area contributed by atoms with E-state index in [1.807, 2.05) is 13.0 Å². The van der Waals surface area contributed by atoms with Gasteiger partial charge in [0.05, 0.1) is 5.69 Å². The maximum absolute atomic E-state index is 4.54. The van der Waals surface area contributed by atoms with Crippen molar-refractivity contribution in [3.63, 3.8) is 0 Å². The van der Waals surface area contributed by atoms with Crippen LogP contribution in [-0.4, -0.2) is 26.7 Å². The Balaban J connectivity index is 1.82. The van der Waals surface area contributed by atoms with Gasteiger partial charge >= 0.3 is 0 Å². The molecule has 1 aliphatic rings. The third kappa shape index (κ3) is 3.05. The maximum atomic E-state index is 4.54. The van der Waals surface area contributed by atoms with Gasteiger partial charge in [-0.3, -0.25) is 0 Å². The molecule has 0 radical (unpaired) electrons. The molecule has 0 aliphatic carbocycles. The van der Waals surface area contributed by atoms with Crippen molar-refractivity contribution in [3.05, 3.63) is 23.1 Å². The summed E-state index contributed by atoms with van der Waals surface area (Å²) < 4.78 is 0. The molecular weight excluding hydrogens is 260 g/mol. The molecule has 2 aromatic rings. The van der Waals surface area contributed by atoms with Crippen LogP contribution in [-0.2, 0) is 0 Å². The van der Waals surface area contributed by atoms with Crippen molar-refractivity contribution in [2.24, 2.45) is 0 Å². The number of aryl methyl sites for hydroxylation is 1. The Bertz CT molecular complexity index is 535. The minimum Gasteiger partial charge on any atom is -0.315 e. The molecule has 1 fully saturated rings. The van der Waals surface area contributed by atoms with Crippen LogP contribution < -0.4 is 10.6 Å². The average molecular weight is 276 g/mol. The lowest BCUT2D eigenvalue weighted by molar-refractivity contribution is 0.404. The maximum Gasteiger partial charge on any atom is 0.210 e. The molecule has 0 aromatic carbocycles. The number of anilines is 2. The smallest absolute Gasteiger partial charge is 0.210 e. The van der Waals surface area contributed by atoms with Crippen molar-refractivity contribution in [3.8, 4) is 0 Å². The van der Waals surface area contributed by atoms with E-state index in [1.54, 1.807) is 5.51 Å². The molecule has 2 aromatic heterocycles. The van der Waals surface area contributed by atoms with Gasteiger partial charge in [-0.25, -0.2) is 9.97 Å². The zero-order chi connectivity index (χ0) is 13.1. The molecule has 7 heteroatoms. The monoisotopic (exact) mass is 276 g/mol. The van der Waals surface area contributed by atoms with E-state index in [2.05, 4.69) is 30.8 Å². The fraction of sp³-hybridized carbons (Fsp3) is 0.500. The van der Waals surface area contributed by atoms with Gasteiger partial charge in [-0.05, 0) is 26.3 Å². The van der Waals surface area contributed by atoms with E-state index < -0.39 is 0 Å². The zero-order valence-electron chi connectivity index (χ0n) is 10.8. The SMILES string of the molecule is Cc1nc(Nc2nncs2)cc([C@@H]2CCCCN2)n1. The standard InChI is InChI=1S/C12H16N6S/c1-8-15-10(9-4-2-3-5-13-9)6-11(16-8)17-12-18-14-7-19-12/h6-7,9,13H,2-5H2,1H3,(H,15,16,17,18)/t9-/m0/s1. The summed E-state index contributed by atoms with van der Waals surface area (Å²) in [6, 6.07) is 2.34. The van der Waals surface area contributed by atoms with Crippen LogP contribution in [0.2, 0.25) is 0 Å². The van der Waals surface area contributed by atoms with Crippen molar-refractivity contribution in [1.29, 1.82) is 0 Å². The summed E-state index contributed by atoms with van der Waals surface area (Å²) in [4.78, 5) is 8.93. The van der Waals surface area contributed by atoms with Gasteiger partial charge in [0, 0.05) is 12.1 Å². The summed E-state index contributed by atoms with van der Waals surface area (Å²) in [5.74, 6) is 1.56. The first-order valence-corrected chi connectivity index (χ1v) is 7.31. The van der Waals surface area contributed by atoms with Gasteiger partial charge in [0.15, 0.2) is 0 Å². The largest absolute Gasteiger partial charge is 0.315 e. The van der Waals surface area contributed by atoms with E-state index >= 15 is 0 Å². The molecule has 3 heterocycles. The van der Waals surface area contributed by atoms with Crippen molar-refractivity contribution >= 4 is 22.3 Å². The second kappa shape index (κ2) is 5.58. The van der Waals surface area contributed by atoms with Crippen molar-refractivity contribution in [2.75, 3.05) is 11.9 Å². The molecule has 19 heavy (non-hydrogen) atoms. The number of nitrogens with one attached hydrogen (secondary N) is 2. The normalized spacial score (nSPS) is 19.3. The minimum atomic E-state index is 0.338. The van der Waals surface area contributed by atoms with Crippen LogP contribution >= 0.6 is 11.3 Å². The van der Waals surface area contributed by atoms with Crippen LogP contribution in [0.25, 0.3) is 0 Å². The van der Waals surface area contributed by atoms with Crippen molar-refractivity contribution in [2.45, 2.75) is 32.2 Å². The average Bonchev–Trinajstić information content (AvgIpc) is 2.92. The molecule has 0 spiro atoms. The Hall–Kier alpha value is -1.60. The second-order valence-electron chi connectivity index (χ2n) is 4.60. The summed E-state index contributed by atoms with van der Waals surface area (Å²) in [5, 5.41) is 15.2. The lowest BCUT2D eigenvalue weighted by atomic mass is 10.0. The van der Waals surface area contributed by atoms with Crippen LogP contribution in [0.15, 0.2) is 11.6 Å². The molecule has 1 aliphatic heterocycles. The van der Waals surface area contributed by atoms with Crippen LogP contribution in [0, 0.1) is 6.92 Å². The fourth-order valence-electron chi connectivity index (χ4n) is 2.27. The molecule has 1 atom stereocenters. The molecule has 0 saturated carbocycles. The highest BCUT2D eigenvalue weighted by Gasteiger charge is 2.17. The minimum absolute atomic E-state index is 0.338. The summed E-state index contributed by atoms with van der Waals surface area (Å²) in [6.07, 6.45) is 3.63. The first kappa shape index (κ1) is 12.4. The molecule has 1 saturated heterocycles. The number of nitrogens with zero attached hydrogens (tertiary/aromatic N) is 4. The Kier molecular flexibility index (Phi) is 3.65. The van der Waals surface area contributed by atoms with E-state index in [4.69, 9.17) is 0 Å². The molecule has 2 N–H and O–H groups in total. The van der Waals surface area contributed by atoms with Crippen LogP contribution in [0.4, 0.5) is 10.9 Å². The Morgan fingerprint density at radius 2 is 2.32 bits per heavy atom. The van der Waals surface area contributed by atoms with Gasteiger partial charge in [0.1, 0.15) is 17.2 Å². The van der Waals surface area contributed by atoms with Crippen LogP contribution in [0.1, 0.15) is 36.8 Å². The fourth-order valence-corrected chi connectivity index (χ4v) is 2.73. The topological polar surface area (TPSA) is 75.6 Å². The predicted octanol–water partition coefficient (Wildman–Crippen LogP) is 2.19. The highest BCUT2D eigenvalue weighted by molar-refractivity contribution is 7.13. The molecule has 100 valence electrons. The lowest BCUT2D eigenvalue weighted by Crippen LogP contribution is -2.27. The van der Waals surface area contributed by atoms with Crippen molar-refractivity contribution in [1.82, 2.24) is 25.5 Å². The number of piperidine rings is 1. The first-order chi connectivity index (χ1) is 9.31. The summed E-state index contributed by atoms with van der Waals surface area (Å²) in [7, 11) is 0. The van der Waals surface area contributed by atoms with Gasteiger partial charge in [0.2, 0.25) is 5.13 Å².